The molecule has 0 unspecified atom stereocenters. The molecule has 2 fully saturated rings. The van der Waals surface area contributed by atoms with Crippen LogP contribution in [0.5, 0.6) is 0 Å². The molecule has 6 rings (SSSR count). The second kappa shape index (κ2) is 8.32. The van der Waals surface area contributed by atoms with E-state index in [1.54, 1.807) is 18.3 Å². The van der Waals surface area contributed by atoms with Crippen molar-refractivity contribution in [3.05, 3.63) is 71.9 Å². The molecule has 3 heterocycles. The van der Waals surface area contributed by atoms with Crippen LogP contribution in [0.1, 0.15) is 50.1 Å². The number of aromatic nitrogens is 3. The molecule has 5 nitrogen and oxygen atoms in total. The van der Waals surface area contributed by atoms with E-state index >= 15 is 4.39 Å². The third-order valence-electron chi connectivity index (χ3n) is 8.52. The second-order valence-corrected chi connectivity index (χ2v) is 10.2. The summed E-state index contributed by atoms with van der Waals surface area (Å²) < 4.78 is 27.4. The molecule has 0 radical (unpaired) electrons. The van der Waals surface area contributed by atoms with Crippen molar-refractivity contribution in [3.8, 4) is 22.6 Å². The van der Waals surface area contributed by atoms with Crippen LogP contribution in [0.15, 0.2) is 49.2 Å². The Bertz CT molecular complexity index is 1300. The van der Waals surface area contributed by atoms with Gasteiger partial charge in [-0.2, -0.15) is 0 Å². The number of pyridine rings is 1. The topological polar surface area (TPSA) is 57.1 Å². The van der Waals surface area contributed by atoms with Crippen LogP contribution >= 0.6 is 0 Å². The van der Waals surface area contributed by atoms with Crippen LogP contribution in [-0.4, -0.2) is 34.0 Å². The molecule has 1 spiro atoms. The highest BCUT2D eigenvalue weighted by Crippen LogP contribution is 2.57. The fourth-order valence-electron chi connectivity index (χ4n) is 6.64. The molecule has 6 heteroatoms. The Balaban J connectivity index is 1.55. The lowest BCUT2D eigenvalue weighted by Crippen LogP contribution is -2.55. The smallest absolute Gasteiger partial charge is 0.171 e. The summed E-state index contributed by atoms with van der Waals surface area (Å²) in [6, 6.07) is 10.7. The minimum absolute atomic E-state index is 0.181. The zero-order valence-electron chi connectivity index (χ0n) is 20.3. The van der Waals surface area contributed by atoms with Gasteiger partial charge in [0.2, 0.25) is 0 Å². The molecule has 3 aliphatic rings. The molecule has 180 valence electrons. The van der Waals surface area contributed by atoms with Gasteiger partial charge < -0.3 is 9.47 Å². The van der Waals surface area contributed by atoms with Crippen LogP contribution in [0.25, 0.3) is 28.7 Å². The number of rotatable bonds is 3. The van der Waals surface area contributed by atoms with Crippen molar-refractivity contribution in [1.82, 2.24) is 15.0 Å². The predicted octanol–water partition coefficient (Wildman–Crippen LogP) is 5.98. The summed E-state index contributed by atoms with van der Waals surface area (Å²) in [5.41, 5.74) is 4.74. The van der Waals surface area contributed by atoms with E-state index in [9.17, 15) is 0 Å². The molecule has 3 aromatic rings. The minimum atomic E-state index is -0.490. The Labute approximate surface area is 205 Å². The molecule has 2 aliphatic carbocycles. The third-order valence-corrected chi connectivity index (χ3v) is 8.52. The number of halogens is 1. The second-order valence-electron chi connectivity index (χ2n) is 10.2. The Morgan fingerprint density at radius 1 is 1.11 bits per heavy atom. The van der Waals surface area contributed by atoms with Crippen LogP contribution in [0.2, 0.25) is 0 Å². The fraction of sp³-hybridized carbons (Fsp3) is 0.414. The van der Waals surface area contributed by atoms with E-state index in [-0.39, 0.29) is 17.2 Å². The van der Waals surface area contributed by atoms with Crippen LogP contribution in [0.4, 0.5) is 4.39 Å². The quantitative estimate of drug-likeness (QED) is 0.470. The van der Waals surface area contributed by atoms with Crippen molar-refractivity contribution in [2.45, 2.75) is 50.7 Å². The highest BCUT2D eigenvalue weighted by atomic mass is 19.1. The third kappa shape index (κ3) is 3.46. The largest absolute Gasteiger partial charge is 0.347 e. The van der Waals surface area contributed by atoms with Gasteiger partial charge in [-0.25, -0.2) is 14.4 Å². The lowest BCUT2D eigenvalue weighted by atomic mass is 9.54. The van der Waals surface area contributed by atoms with E-state index in [4.69, 9.17) is 19.4 Å². The first-order valence-electron chi connectivity index (χ1n) is 12.5. The van der Waals surface area contributed by atoms with Crippen LogP contribution in [0.3, 0.4) is 0 Å². The maximum absolute atomic E-state index is 15.1. The monoisotopic (exact) mass is 471 g/mol. The van der Waals surface area contributed by atoms with Gasteiger partial charge in [0.15, 0.2) is 11.6 Å². The van der Waals surface area contributed by atoms with Crippen LogP contribution < -0.4 is 0 Å². The highest BCUT2D eigenvalue weighted by Gasteiger charge is 2.57. The predicted molar refractivity (Wildman–Crippen MR) is 133 cm³/mol. The van der Waals surface area contributed by atoms with E-state index in [1.165, 1.54) is 6.07 Å². The molecule has 1 saturated heterocycles. The highest BCUT2D eigenvalue weighted by molar-refractivity contribution is 5.70. The Morgan fingerprint density at radius 2 is 1.91 bits per heavy atom. The molecule has 0 N–H and O–H groups in total. The lowest BCUT2D eigenvalue weighted by Gasteiger charge is -2.54. The summed E-state index contributed by atoms with van der Waals surface area (Å²) in [6.45, 7) is 9.73. The average Bonchev–Trinajstić information content (AvgIpc) is 3.37. The number of benzene rings is 1. The van der Waals surface area contributed by atoms with Gasteiger partial charge in [-0.3, -0.25) is 4.98 Å². The van der Waals surface area contributed by atoms with Gasteiger partial charge in [0.25, 0.3) is 0 Å². The summed E-state index contributed by atoms with van der Waals surface area (Å²) in [4.78, 5) is 14.5. The van der Waals surface area contributed by atoms with E-state index in [1.807, 2.05) is 24.3 Å². The van der Waals surface area contributed by atoms with Crippen molar-refractivity contribution < 1.29 is 13.9 Å². The number of fused-ring (bicyclic) bond motifs is 3. The zero-order chi connectivity index (χ0) is 24.2. The van der Waals surface area contributed by atoms with E-state index in [0.29, 0.717) is 36.2 Å². The average molecular weight is 472 g/mol. The van der Waals surface area contributed by atoms with Gasteiger partial charge in [-0.05, 0) is 55.5 Å². The van der Waals surface area contributed by atoms with Gasteiger partial charge in [0.05, 0.1) is 30.3 Å². The van der Waals surface area contributed by atoms with Crippen LogP contribution in [-0.2, 0) is 21.3 Å². The molecule has 1 saturated carbocycles. The lowest BCUT2D eigenvalue weighted by molar-refractivity contribution is -0.234. The molecule has 2 aromatic heterocycles. The van der Waals surface area contributed by atoms with Gasteiger partial charge in [-0.15, -0.1) is 0 Å². The van der Waals surface area contributed by atoms with E-state index in [2.05, 4.69) is 25.4 Å². The first-order chi connectivity index (χ1) is 16.9. The van der Waals surface area contributed by atoms with Crippen molar-refractivity contribution in [2.24, 2.45) is 11.8 Å². The van der Waals surface area contributed by atoms with Gasteiger partial charge in [0.1, 0.15) is 5.82 Å². The summed E-state index contributed by atoms with van der Waals surface area (Å²) in [5, 5.41) is 0. The van der Waals surface area contributed by atoms with Gasteiger partial charge >= 0.3 is 0 Å². The van der Waals surface area contributed by atoms with Crippen molar-refractivity contribution in [3.63, 3.8) is 0 Å². The minimum Gasteiger partial charge on any atom is -0.347 e. The first kappa shape index (κ1) is 22.5. The standard InChI is InChI=1S/C29H30FN3O2/c1-4-20-17-19(11-14-31-20)27-32-25(21-7-5-6-8-24(21)30)22-9-10-23-18(2)29(34-15-16-35-29)13-12-28(23,3)26(22)33-27/h4-8,11,14,17-18,23H,1,9-10,12-13,15-16H2,2-3H3/t18-,23-,28-/m1/s1. The van der Waals surface area contributed by atoms with E-state index < -0.39 is 5.79 Å². The van der Waals surface area contributed by atoms with Crippen molar-refractivity contribution >= 4 is 6.08 Å². The molecule has 3 atom stereocenters. The molecular weight excluding hydrogens is 441 g/mol. The van der Waals surface area contributed by atoms with Crippen LogP contribution in [0, 0.1) is 17.7 Å². The Hall–Kier alpha value is -2.96. The zero-order valence-corrected chi connectivity index (χ0v) is 20.3. The molecule has 35 heavy (non-hydrogen) atoms. The summed E-state index contributed by atoms with van der Waals surface area (Å²) in [5.74, 6) is 0.419. The Kier molecular flexibility index (Phi) is 5.35. The molecule has 1 aliphatic heterocycles. The van der Waals surface area contributed by atoms with Crippen molar-refractivity contribution in [2.75, 3.05) is 13.2 Å². The number of nitrogens with zero attached hydrogens (tertiary/aromatic N) is 3. The normalized spacial score (nSPS) is 26.8. The fourth-order valence-corrected chi connectivity index (χ4v) is 6.64. The molecule has 0 amide bonds. The molecular formula is C29H30FN3O2. The Morgan fingerprint density at radius 3 is 2.69 bits per heavy atom. The molecule has 1 aromatic carbocycles. The maximum atomic E-state index is 15.1. The van der Waals surface area contributed by atoms with Gasteiger partial charge in [0, 0.05) is 40.6 Å². The summed E-state index contributed by atoms with van der Waals surface area (Å²) >= 11 is 0. The van der Waals surface area contributed by atoms with E-state index in [0.717, 1.165) is 48.2 Å². The summed E-state index contributed by atoms with van der Waals surface area (Å²) in [7, 11) is 0. The SMILES string of the molecule is C=Cc1cc(-c2nc(-c3ccccc3F)c3c(n2)[C@]2(C)CCC4(OCCO4)[C@H](C)[C@H]2CC3)ccn1. The number of ether oxygens (including phenoxy) is 2. The molecule has 0 bridgehead atoms. The number of hydrogen-bond donors (Lipinski definition) is 0. The first-order valence-corrected chi connectivity index (χ1v) is 12.5. The van der Waals surface area contributed by atoms with Gasteiger partial charge in [-0.1, -0.05) is 32.6 Å². The van der Waals surface area contributed by atoms with Crippen molar-refractivity contribution in [1.29, 1.82) is 0 Å². The maximum Gasteiger partial charge on any atom is 0.171 e. The number of hydrogen-bond acceptors (Lipinski definition) is 5. The summed E-state index contributed by atoms with van der Waals surface area (Å²) in [6.07, 6.45) is 6.94.